The molecule has 3 aromatic rings. The number of ketones is 1. The first kappa shape index (κ1) is 24.9. The molecule has 2 aliphatic heterocycles. The molecule has 1 aliphatic carbocycles. The standard InChI is InChI=1S/C28H29FN4O4S/c1-38(36,37)33-14-12-32(13-15-33)27(35)23-18-30-24-7-6-20(29)16-22(24)25(23)31-10-8-28(9-11-31)17-19-4-2-3-5-21(19)26(28)34/h2-7,16,18H,8-15,17H2,1H3. The Morgan fingerprint density at radius 3 is 2.39 bits per heavy atom. The van der Waals surface area contributed by atoms with Crippen LogP contribution in [0.2, 0.25) is 0 Å². The Hall–Kier alpha value is -3.37. The van der Waals surface area contributed by atoms with Crippen LogP contribution in [0.3, 0.4) is 0 Å². The molecule has 0 bridgehead atoms. The van der Waals surface area contributed by atoms with E-state index in [9.17, 15) is 22.4 Å². The highest BCUT2D eigenvalue weighted by molar-refractivity contribution is 7.88. The van der Waals surface area contributed by atoms with Crippen LogP contribution in [-0.2, 0) is 16.4 Å². The number of anilines is 1. The third kappa shape index (κ3) is 4.16. The number of halogens is 1. The van der Waals surface area contributed by atoms with Crippen molar-refractivity contribution in [1.29, 1.82) is 0 Å². The van der Waals surface area contributed by atoms with Crippen molar-refractivity contribution in [3.63, 3.8) is 0 Å². The van der Waals surface area contributed by atoms with Crippen LogP contribution in [0.15, 0.2) is 48.7 Å². The van der Waals surface area contributed by atoms with Crippen molar-refractivity contribution in [2.24, 2.45) is 5.41 Å². The fourth-order valence-corrected chi connectivity index (χ4v) is 7.06. The van der Waals surface area contributed by atoms with Crippen molar-refractivity contribution in [2.45, 2.75) is 19.3 Å². The molecule has 8 nitrogen and oxygen atoms in total. The van der Waals surface area contributed by atoms with Crippen LogP contribution in [0, 0.1) is 11.2 Å². The Balaban J connectivity index is 1.31. The quantitative estimate of drug-likeness (QED) is 0.511. The molecule has 0 N–H and O–H groups in total. The fraction of sp³-hybridized carbons (Fsp3) is 0.393. The molecule has 0 radical (unpaired) electrons. The summed E-state index contributed by atoms with van der Waals surface area (Å²) >= 11 is 0. The zero-order valence-electron chi connectivity index (χ0n) is 21.2. The SMILES string of the molecule is CS(=O)(=O)N1CCN(C(=O)c2cnc3ccc(F)cc3c2N2CCC3(CC2)Cc2ccccc2C3=O)CC1. The molecule has 0 saturated carbocycles. The van der Waals surface area contributed by atoms with E-state index in [2.05, 4.69) is 9.88 Å². The highest BCUT2D eigenvalue weighted by Gasteiger charge is 2.47. The van der Waals surface area contributed by atoms with E-state index in [1.54, 1.807) is 17.2 Å². The molecule has 6 rings (SSSR count). The summed E-state index contributed by atoms with van der Waals surface area (Å²) in [6, 6.07) is 12.2. The van der Waals surface area contributed by atoms with Crippen LogP contribution in [0.4, 0.5) is 10.1 Å². The Bertz CT molecular complexity index is 1560. The third-order valence-corrected chi connectivity index (χ3v) is 9.64. The number of hydrogen-bond acceptors (Lipinski definition) is 6. The number of rotatable bonds is 3. The zero-order valence-corrected chi connectivity index (χ0v) is 22.0. The fourth-order valence-electron chi connectivity index (χ4n) is 6.23. The number of amides is 1. The number of Topliss-reactive ketones (excluding diaryl/α,β-unsaturated/α-hetero) is 1. The summed E-state index contributed by atoms with van der Waals surface area (Å²) < 4.78 is 39.6. The summed E-state index contributed by atoms with van der Waals surface area (Å²) in [7, 11) is -3.33. The highest BCUT2D eigenvalue weighted by Crippen LogP contribution is 2.46. The van der Waals surface area contributed by atoms with Gasteiger partial charge >= 0.3 is 0 Å². The summed E-state index contributed by atoms with van der Waals surface area (Å²) in [5.74, 6) is -0.475. The number of piperazine rings is 1. The first-order chi connectivity index (χ1) is 18.2. The number of benzene rings is 2. The predicted octanol–water partition coefficient (Wildman–Crippen LogP) is 3.12. The van der Waals surface area contributed by atoms with Crippen molar-refractivity contribution < 1.29 is 22.4 Å². The second-order valence-electron chi connectivity index (χ2n) is 10.6. The predicted molar refractivity (Wildman–Crippen MR) is 142 cm³/mol. The van der Waals surface area contributed by atoms with E-state index >= 15 is 0 Å². The lowest BCUT2D eigenvalue weighted by molar-refractivity contribution is 0.0696. The first-order valence-electron chi connectivity index (χ1n) is 12.9. The lowest BCUT2D eigenvalue weighted by Gasteiger charge is -2.40. The molecule has 3 aliphatic rings. The lowest BCUT2D eigenvalue weighted by atomic mass is 9.75. The summed E-state index contributed by atoms with van der Waals surface area (Å²) in [5.41, 5.74) is 3.04. The molecular weight excluding hydrogens is 507 g/mol. The number of sulfonamides is 1. The summed E-state index contributed by atoms with van der Waals surface area (Å²) in [4.78, 5) is 35.3. The van der Waals surface area contributed by atoms with E-state index in [1.165, 1.54) is 22.7 Å². The van der Waals surface area contributed by atoms with Gasteiger partial charge < -0.3 is 9.80 Å². The first-order valence-corrected chi connectivity index (χ1v) is 14.7. The van der Waals surface area contributed by atoms with Crippen molar-refractivity contribution in [3.05, 3.63) is 71.2 Å². The maximum atomic E-state index is 14.4. The van der Waals surface area contributed by atoms with Gasteiger partial charge in [0.25, 0.3) is 5.91 Å². The zero-order chi connectivity index (χ0) is 26.7. The number of carbonyl (C=O) groups excluding carboxylic acids is 2. The maximum Gasteiger partial charge on any atom is 0.257 e. The molecule has 1 amide bonds. The van der Waals surface area contributed by atoms with Gasteiger partial charge in [0.1, 0.15) is 5.82 Å². The largest absolute Gasteiger partial charge is 0.370 e. The number of piperidine rings is 1. The lowest BCUT2D eigenvalue weighted by Crippen LogP contribution is -2.50. The number of nitrogens with zero attached hydrogens (tertiary/aromatic N) is 4. The molecule has 2 aromatic carbocycles. The van der Waals surface area contributed by atoms with Gasteiger partial charge in [-0.2, -0.15) is 4.31 Å². The second-order valence-corrected chi connectivity index (χ2v) is 12.5. The minimum atomic E-state index is -3.33. The van der Waals surface area contributed by atoms with E-state index in [0.717, 1.165) is 17.5 Å². The molecule has 198 valence electrons. The Morgan fingerprint density at radius 2 is 1.71 bits per heavy atom. The van der Waals surface area contributed by atoms with Crippen LogP contribution in [0.1, 0.15) is 39.1 Å². The van der Waals surface area contributed by atoms with Crippen LogP contribution >= 0.6 is 0 Å². The molecule has 1 spiro atoms. The molecular formula is C28H29FN4O4S. The molecule has 0 unspecified atom stereocenters. The molecule has 10 heteroatoms. The summed E-state index contributed by atoms with van der Waals surface area (Å²) in [5, 5.41) is 0.558. The van der Waals surface area contributed by atoms with E-state index in [-0.39, 0.29) is 37.9 Å². The number of fused-ring (bicyclic) bond motifs is 2. The minimum absolute atomic E-state index is 0.193. The topological polar surface area (TPSA) is 90.9 Å². The van der Waals surface area contributed by atoms with E-state index in [4.69, 9.17) is 0 Å². The Kier molecular flexibility index (Phi) is 5.99. The Morgan fingerprint density at radius 1 is 1.00 bits per heavy atom. The van der Waals surface area contributed by atoms with E-state index in [0.29, 0.717) is 48.1 Å². The third-order valence-electron chi connectivity index (χ3n) is 8.34. The van der Waals surface area contributed by atoms with Crippen LogP contribution in [-0.4, -0.2) is 79.8 Å². The van der Waals surface area contributed by atoms with Gasteiger partial charge in [-0.05, 0) is 43.0 Å². The van der Waals surface area contributed by atoms with Gasteiger partial charge in [0.15, 0.2) is 5.78 Å². The molecule has 3 heterocycles. The van der Waals surface area contributed by atoms with Gasteiger partial charge in [0, 0.05) is 61.8 Å². The number of hydrogen-bond donors (Lipinski definition) is 0. The molecule has 38 heavy (non-hydrogen) atoms. The van der Waals surface area contributed by atoms with Gasteiger partial charge in [-0.1, -0.05) is 24.3 Å². The van der Waals surface area contributed by atoms with Crippen molar-refractivity contribution >= 4 is 38.3 Å². The van der Waals surface area contributed by atoms with E-state index < -0.39 is 21.3 Å². The average molecular weight is 537 g/mol. The van der Waals surface area contributed by atoms with Gasteiger partial charge in [-0.3, -0.25) is 14.6 Å². The van der Waals surface area contributed by atoms with Crippen LogP contribution < -0.4 is 4.90 Å². The average Bonchev–Trinajstić information content (AvgIpc) is 3.18. The normalized spacial score (nSPS) is 19.8. The van der Waals surface area contributed by atoms with Crippen LogP contribution in [0.25, 0.3) is 10.9 Å². The molecule has 2 fully saturated rings. The highest BCUT2D eigenvalue weighted by atomic mass is 32.2. The van der Waals surface area contributed by atoms with Crippen LogP contribution in [0.5, 0.6) is 0 Å². The number of aromatic nitrogens is 1. The second kappa shape index (κ2) is 9.13. The molecule has 2 saturated heterocycles. The summed E-state index contributed by atoms with van der Waals surface area (Å²) in [6.45, 7) is 2.09. The van der Waals surface area contributed by atoms with Gasteiger partial charge in [-0.15, -0.1) is 0 Å². The van der Waals surface area contributed by atoms with Crippen molar-refractivity contribution in [1.82, 2.24) is 14.2 Å². The minimum Gasteiger partial charge on any atom is -0.370 e. The van der Waals surface area contributed by atoms with Crippen molar-refractivity contribution in [3.8, 4) is 0 Å². The molecule has 1 aromatic heterocycles. The maximum absolute atomic E-state index is 14.4. The Labute approximate surface area is 221 Å². The smallest absolute Gasteiger partial charge is 0.257 e. The summed E-state index contributed by atoms with van der Waals surface area (Å²) in [6.07, 6.45) is 4.71. The molecule has 0 atom stereocenters. The van der Waals surface area contributed by atoms with Gasteiger partial charge in [-0.25, -0.2) is 12.8 Å². The van der Waals surface area contributed by atoms with Crippen molar-refractivity contribution in [2.75, 3.05) is 50.4 Å². The van der Waals surface area contributed by atoms with Gasteiger partial charge in [0.05, 0.1) is 23.0 Å². The van der Waals surface area contributed by atoms with E-state index in [1.807, 2.05) is 24.3 Å². The number of carbonyl (C=O) groups is 2. The van der Waals surface area contributed by atoms with Gasteiger partial charge in [0.2, 0.25) is 10.0 Å². The number of pyridine rings is 1. The monoisotopic (exact) mass is 536 g/mol.